The van der Waals surface area contributed by atoms with Gasteiger partial charge in [-0.25, -0.2) is 0 Å². The lowest BCUT2D eigenvalue weighted by Crippen LogP contribution is -2.02. The normalized spacial score (nSPS) is 13.3. The Morgan fingerprint density at radius 1 is 0.613 bits per heavy atom. The first-order chi connectivity index (χ1) is 15.4. The van der Waals surface area contributed by atoms with Crippen LogP contribution in [0, 0.1) is 0 Å². The molecule has 2 aromatic heterocycles. The fourth-order valence-electron chi connectivity index (χ4n) is 5.03. The van der Waals surface area contributed by atoms with Gasteiger partial charge in [0.05, 0.1) is 11.0 Å². The zero-order valence-corrected chi connectivity index (χ0v) is 17.4. The van der Waals surface area contributed by atoms with Crippen molar-refractivity contribution in [2.24, 2.45) is 0 Å². The van der Waals surface area contributed by atoms with E-state index in [1.807, 2.05) is 24.5 Å². The van der Waals surface area contributed by atoms with Crippen molar-refractivity contribution in [3.8, 4) is 0 Å². The van der Waals surface area contributed by atoms with E-state index in [0.29, 0.717) is 0 Å². The summed E-state index contributed by atoms with van der Waals surface area (Å²) < 4.78 is 0. The molecule has 0 amide bonds. The molecule has 6 aromatic rings. The third kappa shape index (κ3) is 3.16. The van der Waals surface area contributed by atoms with Gasteiger partial charge in [0.1, 0.15) is 0 Å². The molecule has 0 unspecified atom stereocenters. The van der Waals surface area contributed by atoms with Crippen LogP contribution in [0.3, 0.4) is 0 Å². The Morgan fingerprint density at radius 3 is 2.45 bits per heavy atom. The number of H-pyrrole nitrogens is 1. The second-order valence-corrected chi connectivity index (χ2v) is 8.37. The van der Waals surface area contributed by atoms with Gasteiger partial charge in [-0.15, -0.1) is 0 Å². The minimum absolute atomic E-state index is 1.04. The van der Waals surface area contributed by atoms with E-state index in [2.05, 4.69) is 76.7 Å². The van der Waals surface area contributed by atoms with Crippen LogP contribution in [0.15, 0.2) is 91.3 Å². The van der Waals surface area contributed by atoms with Gasteiger partial charge in [-0.05, 0) is 82.6 Å². The van der Waals surface area contributed by atoms with E-state index >= 15 is 0 Å². The second kappa shape index (κ2) is 7.55. The number of nitrogens with zero attached hydrogens (tertiary/aromatic N) is 1. The molecule has 0 atom stereocenters. The van der Waals surface area contributed by atoms with Crippen LogP contribution in [-0.4, -0.2) is 9.97 Å². The van der Waals surface area contributed by atoms with Gasteiger partial charge >= 0.3 is 0 Å². The minimum atomic E-state index is 1.04. The van der Waals surface area contributed by atoms with E-state index in [1.165, 1.54) is 63.5 Å². The summed E-state index contributed by atoms with van der Waals surface area (Å²) in [6.45, 7) is 0. The molecular weight excluding hydrogens is 376 g/mol. The number of benzene rings is 4. The molecule has 0 fully saturated rings. The molecular formula is C29H24N2. The van der Waals surface area contributed by atoms with E-state index in [9.17, 15) is 0 Å². The van der Waals surface area contributed by atoms with Gasteiger partial charge in [-0.1, -0.05) is 54.6 Å². The lowest BCUT2D eigenvalue weighted by atomic mass is 9.86. The maximum atomic E-state index is 4.29. The average molecular weight is 401 g/mol. The zero-order chi connectivity index (χ0) is 20.6. The summed E-state index contributed by atoms with van der Waals surface area (Å²) in [6, 6.07) is 28.2. The van der Waals surface area contributed by atoms with Crippen LogP contribution in [0.25, 0.3) is 43.4 Å². The molecule has 2 heteroatoms. The van der Waals surface area contributed by atoms with Crippen molar-refractivity contribution in [1.29, 1.82) is 0 Å². The first kappa shape index (κ1) is 18.1. The molecule has 150 valence electrons. The van der Waals surface area contributed by atoms with E-state index in [0.717, 1.165) is 5.52 Å². The number of fused-ring (bicyclic) bond motifs is 8. The van der Waals surface area contributed by atoms with E-state index < -0.39 is 0 Å². The maximum absolute atomic E-state index is 4.29. The summed E-state index contributed by atoms with van der Waals surface area (Å²) in [6.07, 6.45) is 8.99. The minimum Gasteiger partial charge on any atom is -0.361 e. The third-order valence-electron chi connectivity index (χ3n) is 6.57. The zero-order valence-electron chi connectivity index (χ0n) is 17.4. The fraction of sp³-hybridized carbons (Fsp3) is 0.138. The van der Waals surface area contributed by atoms with Gasteiger partial charge in [0.25, 0.3) is 0 Å². The molecule has 0 aliphatic heterocycles. The van der Waals surface area contributed by atoms with Crippen LogP contribution in [0.1, 0.15) is 24.0 Å². The summed E-state index contributed by atoms with van der Waals surface area (Å²) in [5, 5.41) is 8.06. The summed E-state index contributed by atoms with van der Waals surface area (Å²) in [5.41, 5.74) is 5.39. The van der Waals surface area contributed by atoms with Crippen LogP contribution >= 0.6 is 0 Å². The Kier molecular flexibility index (Phi) is 4.42. The Bertz CT molecular complexity index is 1540. The van der Waals surface area contributed by atoms with Crippen molar-refractivity contribution in [3.05, 3.63) is 102 Å². The van der Waals surface area contributed by atoms with Crippen molar-refractivity contribution in [2.75, 3.05) is 0 Å². The van der Waals surface area contributed by atoms with E-state index in [1.54, 1.807) is 11.1 Å². The number of aryl methyl sites for hydroxylation is 2. The summed E-state index contributed by atoms with van der Waals surface area (Å²) in [4.78, 5) is 7.51. The average Bonchev–Trinajstić information content (AvgIpc) is 3.34. The molecule has 1 N–H and O–H groups in total. The molecule has 1 aliphatic rings. The molecule has 1 aliphatic carbocycles. The Labute approximate surface area is 181 Å². The van der Waals surface area contributed by atoms with Crippen molar-refractivity contribution in [2.45, 2.75) is 25.7 Å². The monoisotopic (exact) mass is 400 g/mol. The number of aromatic nitrogens is 2. The number of pyridine rings is 1. The number of hydrogen-bond donors (Lipinski definition) is 1. The lowest BCUT2D eigenvalue weighted by molar-refractivity contribution is 0.690. The van der Waals surface area contributed by atoms with Crippen LogP contribution < -0.4 is 0 Å². The molecule has 2 heterocycles. The largest absolute Gasteiger partial charge is 0.361 e. The highest BCUT2D eigenvalue weighted by Gasteiger charge is 2.13. The lowest BCUT2D eigenvalue weighted by Gasteiger charge is -2.18. The first-order valence-electron chi connectivity index (χ1n) is 11.1. The molecule has 0 bridgehead atoms. The molecule has 0 saturated carbocycles. The second-order valence-electron chi connectivity index (χ2n) is 8.37. The Morgan fingerprint density at radius 2 is 1.45 bits per heavy atom. The van der Waals surface area contributed by atoms with Gasteiger partial charge in [0.15, 0.2) is 0 Å². The predicted molar refractivity (Wildman–Crippen MR) is 132 cm³/mol. The number of hydrogen-bond acceptors (Lipinski definition) is 1. The first-order valence-corrected chi connectivity index (χ1v) is 11.1. The molecule has 4 aromatic carbocycles. The van der Waals surface area contributed by atoms with Gasteiger partial charge in [-0.3, -0.25) is 4.98 Å². The third-order valence-corrected chi connectivity index (χ3v) is 6.57. The van der Waals surface area contributed by atoms with Crippen LogP contribution in [-0.2, 0) is 12.8 Å². The number of nitrogens with one attached hydrogen (secondary N) is 1. The Hall–Kier alpha value is -3.65. The molecule has 31 heavy (non-hydrogen) atoms. The van der Waals surface area contributed by atoms with E-state index in [-0.39, 0.29) is 0 Å². The van der Waals surface area contributed by atoms with Gasteiger partial charge in [0, 0.05) is 23.2 Å². The molecule has 2 nitrogen and oxygen atoms in total. The molecule has 7 rings (SSSR count). The molecule has 0 radical (unpaired) electrons. The van der Waals surface area contributed by atoms with Gasteiger partial charge in [-0.2, -0.15) is 0 Å². The fourth-order valence-corrected chi connectivity index (χ4v) is 5.03. The number of aromatic amines is 1. The highest BCUT2D eigenvalue weighted by Crippen LogP contribution is 2.33. The van der Waals surface area contributed by atoms with E-state index in [4.69, 9.17) is 0 Å². The standard InChI is InChI=1S/C18H16.C11H8N2/c1-3-7-15-13(5-1)9-11-18-16-8-4-2-6-14(16)10-12-17(15)18;1-2-9-10(12-6-1)4-3-8-5-7-13-11(8)9/h1,3,5,7,9-12H,2,4,6,8H2;1-7,13H. The number of rotatable bonds is 0. The van der Waals surface area contributed by atoms with Gasteiger partial charge in [0.2, 0.25) is 0 Å². The van der Waals surface area contributed by atoms with Crippen LogP contribution in [0.4, 0.5) is 0 Å². The van der Waals surface area contributed by atoms with Crippen molar-refractivity contribution >= 4 is 43.4 Å². The predicted octanol–water partition coefficient (Wildman–Crippen LogP) is 7.59. The van der Waals surface area contributed by atoms with Gasteiger partial charge < -0.3 is 4.98 Å². The Balaban J connectivity index is 0.000000126. The van der Waals surface area contributed by atoms with Crippen molar-refractivity contribution < 1.29 is 0 Å². The quantitative estimate of drug-likeness (QED) is 0.261. The summed E-state index contributed by atoms with van der Waals surface area (Å²) in [7, 11) is 0. The smallest absolute Gasteiger partial charge is 0.0723 e. The van der Waals surface area contributed by atoms with Crippen LogP contribution in [0.5, 0.6) is 0 Å². The summed E-state index contributed by atoms with van der Waals surface area (Å²) in [5.74, 6) is 0. The summed E-state index contributed by atoms with van der Waals surface area (Å²) >= 11 is 0. The highest BCUT2D eigenvalue weighted by molar-refractivity contribution is 6.08. The maximum Gasteiger partial charge on any atom is 0.0723 e. The van der Waals surface area contributed by atoms with Crippen molar-refractivity contribution in [3.63, 3.8) is 0 Å². The van der Waals surface area contributed by atoms with Crippen LogP contribution in [0.2, 0.25) is 0 Å². The van der Waals surface area contributed by atoms with Crippen molar-refractivity contribution in [1.82, 2.24) is 9.97 Å². The molecule has 0 spiro atoms. The topological polar surface area (TPSA) is 28.7 Å². The highest BCUT2D eigenvalue weighted by atomic mass is 14.7. The SMILES string of the molecule is c1ccc2c(c1)ccc1c3c(ccc12)CCCC3.c1cnc2ccc3cc[nH]c3c2c1. The molecule has 0 saturated heterocycles.